The van der Waals surface area contributed by atoms with E-state index in [9.17, 15) is 4.79 Å². The lowest BCUT2D eigenvalue weighted by Crippen LogP contribution is -2.26. The molecule has 1 saturated carbocycles. The highest BCUT2D eigenvalue weighted by atomic mass is 16.5. The van der Waals surface area contributed by atoms with Gasteiger partial charge < -0.3 is 15.5 Å². The lowest BCUT2D eigenvalue weighted by atomic mass is 10.3. The van der Waals surface area contributed by atoms with Crippen LogP contribution in [0.3, 0.4) is 0 Å². The number of anilines is 1. The van der Waals surface area contributed by atoms with Crippen LogP contribution in [-0.4, -0.2) is 30.6 Å². The van der Waals surface area contributed by atoms with Crippen molar-refractivity contribution in [3.8, 4) is 0 Å². The minimum Gasteiger partial charge on any atom is -0.381 e. The summed E-state index contributed by atoms with van der Waals surface area (Å²) in [6, 6.07) is 3.31. The third kappa shape index (κ3) is 4.84. The van der Waals surface area contributed by atoms with E-state index in [1.54, 1.807) is 18.3 Å². The first-order valence-electron chi connectivity index (χ1n) is 6.58. The van der Waals surface area contributed by atoms with E-state index in [4.69, 9.17) is 10.6 Å². The predicted molar refractivity (Wildman–Crippen MR) is 72.5 cm³/mol. The van der Waals surface area contributed by atoms with E-state index in [1.165, 1.54) is 12.8 Å². The fourth-order valence-electron chi connectivity index (χ4n) is 1.65. The Morgan fingerprint density at radius 2 is 2.37 bits per heavy atom. The van der Waals surface area contributed by atoms with E-state index >= 15 is 0 Å². The van der Waals surface area contributed by atoms with Crippen molar-refractivity contribution in [1.82, 2.24) is 10.3 Å². The predicted octanol–water partition coefficient (Wildman–Crippen LogP) is 0.914. The first-order chi connectivity index (χ1) is 9.29. The Labute approximate surface area is 112 Å². The molecule has 19 heavy (non-hydrogen) atoms. The molecule has 1 aliphatic carbocycles. The number of hydrazine groups is 1. The number of rotatable bonds is 8. The molecule has 1 fully saturated rings. The van der Waals surface area contributed by atoms with Gasteiger partial charge in [0.25, 0.3) is 5.91 Å². The van der Waals surface area contributed by atoms with E-state index in [0.717, 1.165) is 18.9 Å². The molecule has 0 saturated heterocycles. The van der Waals surface area contributed by atoms with Crippen LogP contribution >= 0.6 is 0 Å². The van der Waals surface area contributed by atoms with Crippen molar-refractivity contribution in [3.63, 3.8) is 0 Å². The number of pyridine rings is 1. The molecule has 0 aliphatic heterocycles. The summed E-state index contributed by atoms with van der Waals surface area (Å²) < 4.78 is 5.49. The molecule has 1 aliphatic rings. The van der Waals surface area contributed by atoms with Gasteiger partial charge in [-0.15, -0.1) is 0 Å². The molecule has 1 aromatic heterocycles. The number of nitrogen functional groups attached to an aromatic ring is 1. The van der Waals surface area contributed by atoms with Crippen molar-refractivity contribution in [2.24, 2.45) is 11.8 Å². The second kappa shape index (κ2) is 7.06. The highest BCUT2D eigenvalue weighted by Gasteiger charge is 2.20. The van der Waals surface area contributed by atoms with Crippen molar-refractivity contribution in [3.05, 3.63) is 24.0 Å². The highest BCUT2D eigenvalue weighted by molar-refractivity contribution is 5.93. The molecule has 0 bridgehead atoms. The summed E-state index contributed by atoms with van der Waals surface area (Å²) in [6.45, 7) is 2.14. The summed E-state index contributed by atoms with van der Waals surface area (Å²) in [5, 5.41) is 2.80. The monoisotopic (exact) mass is 264 g/mol. The molecule has 6 nitrogen and oxygen atoms in total. The third-order valence-electron chi connectivity index (χ3n) is 2.96. The molecular formula is C13H20N4O2. The maximum Gasteiger partial charge on any atom is 0.269 e. The van der Waals surface area contributed by atoms with Crippen molar-refractivity contribution in [2.75, 3.05) is 25.2 Å². The summed E-state index contributed by atoms with van der Waals surface area (Å²) in [5.41, 5.74) is 3.50. The molecule has 0 unspecified atom stereocenters. The van der Waals surface area contributed by atoms with Crippen LogP contribution in [0.2, 0.25) is 0 Å². The number of nitrogens with one attached hydrogen (secondary N) is 2. The molecule has 4 N–H and O–H groups in total. The van der Waals surface area contributed by atoms with Gasteiger partial charge in [-0.3, -0.25) is 15.6 Å². The lowest BCUT2D eigenvalue weighted by Gasteiger charge is -2.06. The number of carbonyl (C=O) groups is 1. The summed E-state index contributed by atoms with van der Waals surface area (Å²) >= 11 is 0. The number of hydrogen-bond acceptors (Lipinski definition) is 5. The number of amides is 1. The quantitative estimate of drug-likeness (QED) is 0.369. The second-order valence-electron chi connectivity index (χ2n) is 4.70. The minimum absolute atomic E-state index is 0.195. The molecule has 2 rings (SSSR count). The summed E-state index contributed by atoms with van der Waals surface area (Å²) in [7, 11) is 0. The number of ether oxygens (including phenoxy) is 1. The van der Waals surface area contributed by atoms with Gasteiger partial charge in [-0.05, 0) is 37.3 Å². The molecule has 0 aromatic carbocycles. The number of carbonyl (C=O) groups excluding carboxylic acids is 1. The van der Waals surface area contributed by atoms with Crippen molar-refractivity contribution in [1.29, 1.82) is 0 Å². The van der Waals surface area contributed by atoms with Crippen LogP contribution in [0.15, 0.2) is 18.3 Å². The first-order valence-corrected chi connectivity index (χ1v) is 6.58. The SMILES string of the molecule is NNc1ccnc(C(=O)NCCCOCC2CC2)c1. The van der Waals surface area contributed by atoms with Gasteiger partial charge in [0.2, 0.25) is 0 Å². The molecule has 0 atom stereocenters. The Hall–Kier alpha value is -1.66. The Kier molecular flexibility index (Phi) is 5.11. The standard InChI is InChI=1S/C13H20N4O2/c14-17-11-4-6-15-12(8-11)13(18)16-5-1-7-19-9-10-2-3-10/h4,6,8,10H,1-3,5,7,9,14H2,(H,15,17)(H,16,18). The second-order valence-corrected chi connectivity index (χ2v) is 4.70. The molecule has 0 spiro atoms. The normalized spacial score (nSPS) is 14.2. The van der Waals surface area contributed by atoms with Crippen LogP contribution in [0.4, 0.5) is 5.69 Å². The zero-order valence-electron chi connectivity index (χ0n) is 10.9. The average molecular weight is 264 g/mol. The van der Waals surface area contributed by atoms with E-state index in [-0.39, 0.29) is 5.91 Å². The van der Waals surface area contributed by atoms with Crippen molar-refractivity contribution >= 4 is 11.6 Å². The van der Waals surface area contributed by atoms with Gasteiger partial charge in [-0.2, -0.15) is 0 Å². The molecule has 1 heterocycles. The Morgan fingerprint density at radius 3 is 3.11 bits per heavy atom. The van der Waals surface area contributed by atoms with E-state index < -0.39 is 0 Å². The molecule has 104 valence electrons. The Balaban J connectivity index is 1.62. The van der Waals surface area contributed by atoms with Gasteiger partial charge in [0, 0.05) is 26.0 Å². The number of nitrogens with two attached hydrogens (primary N) is 1. The fourth-order valence-corrected chi connectivity index (χ4v) is 1.65. The topological polar surface area (TPSA) is 89.3 Å². The maximum absolute atomic E-state index is 11.8. The van der Waals surface area contributed by atoms with E-state index in [0.29, 0.717) is 24.5 Å². The van der Waals surface area contributed by atoms with Crippen LogP contribution in [0, 0.1) is 5.92 Å². The van der Waals surface area contributed by atoms with Gasteiger partial charge in [0.15, 0.2) is 0 Å². The van der Waals surface area contributed by atoms with Crippen LogP contribution in [0.1, 0.15) is 29.8 Å². The van der Waals surface area contributed by atoms with Crippen molar-refractivity contribution < 1.29 is 9.53 Å². The van der Waals surface area contributed by atoms with Gasteiger partial charge in [-0.1, -0.05) is 0 Å². The van der Waals surface area contributed by atoms with E-state index in [2.05, 4.69) is 15.7 Å². The van der Waals surface area contributed by atoms with Crippen LogP contribution in [0.5, 0.6) is 0 Å². The maximum atomic E-state index is 11.8. The van der Waals surface area contributed by atoms with Gasteiger partial charge in [0.1, 0.15) is 5.69 Å². The molecule has 1 aromatic rings. The molecular weight excluding hydrogens is 244 g/mol. The first kappa shape index (κ1) is 13.8. The van der Waals surface area contributed by atoms with Crippen LogP contribution in [0.25, 0.3) is 0 Å². The number of nitrogens with zero attached hydrogens (tertiary/aromatic N) is 1. The van der Waals surface area contributed by atoms with Crippen LogP contribution < -0.4 is 16.6 Å². The summed E-state index contributed by atoms with van der Waals surface area (Å²) in [5.74, 6) is 5.86. The number of aromatic nitrogens is 1. The Morgan fingerprint density at radius 1 is 1.53 bits per heavy atom. The van der Waals surface area contributed by atoms with Gasteiger partial charge in [-0.25, -0.2) is 0 Å². The average Bonchev–Trinajstić information content (AvgIpc) is 3.26. The Bertz CT molecular complexity index is 421. The summed E-state index contributed by atoms with van der Waals surface area (Å²) in [6.07, 6.45) is 4.96. The third-order valence-corrected chi connectivity index (χ3v) is 2.96. The minimum atomic E-state index is -0.195. The largest absolute Gasteiger partial charge is 0.381 e. The smallest absolute Gasteiger partial charge is 0.269 e. The molecule has 6 heteroatoms. The van der Waals surface area contributed by atoms with Gasteiger partial charge >= 0.3 is 0 Å². The van der Waals surface area contributed by atoms with E-state index in [1.807, 2.05) is 0 Å². The highest BCUT2D eigenvalue weighted by Crippen LogP contribution is 2.28. The molecule has 0 radical (unpaired) electrons. The van der Waals surface area contributed by atoms with Crippen molar-refractivity contribution in [2.45, 2.75) is 19.3 Å². The van der Waals surface area contributed by atoms with Gasteiger partial charge in [0.05, 0.1) is 5.69 Å². The zero-order chi connectivity index (χ0) is 13.5. The number of hydrogen-bond donors (Lipinski definition) is 3. The fraction of sp³-hybridized carbons (Fsp3) is 0.538. The van der Waals surface area contributed by atoms with Crippen LogP contribution in [-0.2, 0) is 4.74 Å². The lowest BCUT2D eigenvalue weighted by molar-refractivity contribution is 0.0932. The molecule has 1 amide bonds. The zero-order valence-corrected chi connectivity index (χ0v) is 10.9. The summed E-state index contributed by atoms with van der Waals surface area (Å²) in [4.78, 5) is 15.8.